The number of pyridine rings is 1. The largest absolute Gasteiger partial charge is 0.370 e. The fourth-order valence-corrected chi connectivity index (χ4v) is 1.40. The van der Waals surface area contributed by atoms with Crippen molar-refractivity contribution in [3.05, 3.63) is 23.9 Å². The normalized spacial score (nSPS) is 9.79. The SMILES string of the molecule is CCCNC(=O)CNC(=O)c1ccc(NCC)nc1. The average Bonchev–Trinajstić information content (AvgIpc) is 2.43. The van der Waals surface area contributed by atoms with Crippen LogP contribution < -0.4 is 16.0 Å². The van der Waals surface area contributed by atoms with Crippen molar-refractivity contribution in [1.82, 2.24) is 15.6 Å². The molecule has 1 heterocycles. The van der Waals surface area contributed by atoms with Crippen molar-refractivity contribution in [2.24, 2.45) is 0 Å². The average molecular weight is 264 g/mol. The Kier molecular flexibility index (Phi) is 6.35. The highest BCUT2D eigenvalue weighted by Crippen LogP contribution is 2.04. The summed E-state index contributed by atoms with van der Waals surface area (Å²) < 4.78 is 0. The van der Waals surface area contributed by atoms with E-state index < -0.39 is 0 Å². The van der Waals surface area contributed by atoms with Crippen LogP contribution in [0.5, 0.6) is 0 Å². The minimum Gasteiger partial charge on any atom is -0.370 e. The number of nitrogens with one attached hydrogen (secondary N) is 3. The van der Waals surface area contributed by atoms with Crippen LogP contribution in [0.25, 0.3) is 0 Å². The van der Waals surface area contributed by atoms with Gasteiger partial charge in [-0.25, -0.2) is 4.98 Å². The zero-order valence-corrected chi connectivity index (χ0v) is 11.3. The molecule has 0 unspecified atom stereocenters. The number of rotatable bonds is 7. The van der Waals surface area contributed by atoms with Crippen LogP contribution in [-0.2, 0) is 4.79 Å². The molecule has 0 aliphatic carbocycles. The monoisotopic (exact) mass is 264 g/mol. The van der Waals surface area contributed by atoms with E-state index in [0.29, 0.717) is 12.1 Å². The number of carbonyl (C=O) groups is 2. The molecular formula is C13H20N4O2. The number of amides is 2. The van der Waals surface area contributed by atoms with Gasteiger partial charge in [0.1, 0.15) is 5.82 Å². The summed E-state index contributed by atoms with van der Waals surface area (Å²) in [6, 6.07) is 3.40. The van der Waals surface area contributed by atoms with Crippen LogP contribution >= 0.6 is 0 Å². The first-order valence-electron chi connectivity index (χ1n) is 6.42. The van der Waals surface area contributed by atoms with Gasteiger partial charge in [-0.2, -0.15) is 0 Å². The van der Waals surface area contributed by atoms with Gasteiger partial charge in [0.15, 0.2) is 0 Å². The molecule has 0 fully saturated rings. The summed E-state index contributed by atoms with van der Waals surface area (Å²) in [4.78, 5) is 27.2. The number of hydrogen-bond acceptors (Lipinski definition) is 4. The topological polar surface area (TPSA) is 83.1 Å². The molecule has 1 aromatic heterocycles. The Morgan fingerprint density at radius 1 is 1.21 bits per heavy atom. The molecule has 1 rings (SSSR count). The second-order valence-electron chi connectivity index (χ2n) is 4.00. The smallest absolute Gasteiger partial charge is 0.253 e. The van der Waals surface area contributed by atoms with E-state index in [-0.39, 0.29) is 18.4 Å². The van der Waals surface area contributed by atoms with Crippen LogP contribution in [0.3, 0.4) is 0 Å². The Bertz CT molecular complexity index is 417. The molecule has 1 aromatic rings. The summed E-state index contributed by atoms with van der Waals surface area (Å²) >= 11 is 0. The molecule has 0 spiro atoms. The third-order valence-corrected chi connectivity index (χ3v) is 2.37. The van der Waals surface area contributed by atoms with Crippen molar-refractivity contribution in [2.75, 3.05) is 25.0 Å². The molecule has 0 saturated carbocycles. The summed E-state index contributed by atoms with van der Waals surface area (Å²) in [7, 11) is 0. The number of carbonyl (C=O) groups excluding carboxylic acids is 2. The highest BCUT2D eigenvalue weighted by atomic mass is 16.2. The molecule has 0 saturated heterocycles. The Labute approximate surface area is 113 Å². The highest BCUT2D eigenvalue weighted by molar-refractivity contribution is 5.96. The van der Waals surface area contributed by atoms with Crippen molar-refractivity contribution in [3.63, 3.8) is 0 Å². The lowest BCUT2D eigenvalue weighted by Gasteiger charge is -2.06. The van der Waals surface area contributed by atoms with Gasteiger partial charge in [-0.05, 0) is 25.5 Å². The maximum absolute atomic E-state index is 11.7. The van der Waals surface area contributed by atoms with Gasteiger partial charge in [-0.3, -0.25) is 9.59 Å². The minimum atomic E-state index is -0.304. The maximum atomic E-state index is 11.7. The summed E-state index contributed by atoms with van der Waals surface area (Å²) in [5.41, 5.74) is 0.435. The Morgan fingerprint density at radius 3 is 2.58 bits per heavy atom. The van der Waals surface area contributed by atoms with E-state index in [1.165, 1.54) is 6.20 Å². The molecule has 0 aromatic carbocycles. The first kappa shape index (κ1) is 14.9. The second kappa shape index (κ2) is 8.07. The second-order valence-corrected chi connectivity index (χ2v) is 4.00. The standard InChI is InChI=1S/C13H20N4O2/c1-3-7-15-12(18)9-17-13(19)10-5-6-11(14-4-2)16-8-10/h5-6,8H,3-4,7,9H2,1-2H3,(H,14,16)(H,15,18)(H,17,19). The van der Waals surface area contributed by atoms with Crippen molar-refractivity contribution in [1.29, 1.82) is 0 Å². The summed E-state index contributed by atoms with van der Waals surface area (Å²) in [6.45, 7) is 5.31. The van der Waals surface area contributed by atoms with E-state index in [2.05, 4.69) is 20.9 Å². The molecule has 3 N–H and O–H groups in total. The van der Waals surface area contributed by atoms with Gasteiger partial charge in [0.2, 0.25) is 5.91 Å². The van der Waals surface area contributed by atoms with E-state index in [1.807, 2.05) is 13.8 Å². The predicted octanol–water partition coefficient (Wildman–Crippen LogP) is 0.769. The van der Waals surface area contributed by atoms with Gasteiger partial charge in [0.05, 0.1) is 12.1 Å². The van der Waals surface area contributed by atoms with Gasteiger partial charge in [0, 0.05) is 19.3 Å². The van der Waals surface area contributed by atoms with E-state index in [1.54, 1.807) is 12.1 Å². The lowest BCUT2D eigenvalue weighted by atomic mass is 10.2. The quantitative estimate of drug-likeness (QED) is 0.679. The molecule has 0 bridgehead atoms. The molecule has 2 amide bonds. The molecular weight excluding hydrogens is 244 g/mol. The minimum absolute atomic E-state index is 0.0200. The van der Waals surface area contributed by atoms with E-state index in [0.717, 1.165) is 18.8 Å². The highest BCUT2D eigenvalue weighted by Gasteiger charge is 2.07. The fraction of sp³-hybridized carbons (Fsp3) is 0.462. The van der Waals surface area contributed by atoms with Gasteiger partial charge in [0.25, 0.3) is 5.91 Å². The van der Waals surface area contributed by atoms with E-state index in [9.17, 15) is 9.59 Å². The van der Waals surface area contributed by atoms with Gasteiger partial charge >= 0.3 is 0 Å². The lowest BCUT2D eigenvalue weighted by Crippen LogP contribution is -2.37. The van der Waals surface area contributed by atoms with Gasteiger partial charge in [-0.15, -0.1) is 0 Å². The first-order chi connectivity index (χ1) is 9.17. The molecule has 0 radical (unpaired) electrons. The number of hydrogen-bond donors (Lipinski definition) is 3. The van der Waals surface area contributed by atoms with E-state index >= 15 is 0 Å². The molecule has 6 nitrogen and oxygen atoms in total. The van der Waals surface area contributed by atoms with Crippen molar-refractivity contribution < 1.29 is 9.59 Å². The van der Waals surface area contributed by atoms with Crippen molar-refractivity contribution in [2.45, 2.75) is 20.3 Å². The van der Waals surface area contributed by atoms with Crippen LogP contribution in [0, 0.1) is 0 Å². The molecule has 6 heteroatoms. The number of aromatic nitrogens is 1. The van der Waals surface area contributed by atoms with Crippen molar-refractivity contribution >= 4 is 17.6 Å². The van der Waals surface area contributed by atoms with E-state index in [4.69, 9.17) is 0 Å². The molecule has 104 valence electrons. The Hall–Kier alpha value is -2.11. The first-order valence-corrected chi connectivity index (χ1v) is 6.42. The Morgan fingerprint density at radius 2 is 2.00 bits per heavy atom. The Balaban J connectivity index is 2.42. The number of nitrogens with zero attached hydrogens (tertiary/aromatic N) is 1. The summed E-state index contributed by atoms with van der Waals surface area (Å²) in [6.07, 6.45) is 2.35. The van der Waals surface area contributed by atoms with Crippen LogP contribution in [-0.4, -0.2) is 36.4 Å². The molecule has 0 aliphatic rings. The predicted molar refractivity (Wildman–Crippen MR) is 74.0 cm³/mol. The van der Waals surface area contributed by atoms with Crippen LogP contribution in [0.4, 0.5) is 5.82 Å². The summed E-state index contributed by atoms with van der Waals surface area (Å²) in [5.74, 6) is 0.231. The fourth-order valence-electron chi connectivity index (χ4n) is 1.40. The third-order valence-electron chi connectivity index (χ3n) is 2.37. The summed E-state index contributed by atoms with van der Waals surface area (Å²) in [5, 5.41) is 8.27. The lowest BCUT2D eigenvalue weighted by molar-refractivity contribution is -0.120. The molecule has 19 heavy (non-hydrogen) atoms. The van der Waals surface area contributed by atoms with Crippen LogP contribution in [0.1, 0.15) is 30.6 Å². The molecule has 0 atom stereocenters. The van der Waals surface area contributed by atoms with Crippen LogP contribution in [0.2, 0.25) is 0 Å². The van der Waals surface area contributed by atoms with Crippen molar-refractivity contribution in [3.8, 4) is 0 Å². The zero-order valence-electron chi connectivity index (χ0n) is 11.3. The van der Waals surface area contributed by atoms with Gasteiger partial charge in [-0.1, -0.05) is 6.92 Å². The third kappa shape index (κ3) is 5.37. The maximum Gasteiger partial charge on any atom is 0.253 e. The van der Waals surface area contributed by atoms with Gasteiger partial charge < -0.3 is 16.0 Å². The van der Waals surface area contributed by atoms with Crippen LogP contribution in [0.15, 0.2) is 18.3 Å². The zero-order chi connectivity index (χ0) is 14.1. The molecule has 0 aliphatic heterocycles. The number of anilines is 1.